The van der Waals surface area contributed by atoms with E-state index in [0.29, 0.717) is 11.3 Å². The van der Waals surface area contributed by atoms with E-state index in [0.717, 1.165) is 32.7 Å². The van der Waals surface area contributed by atoms with Crippen LogP contribution in [0.3, 0.4) is 0 Å². The molecule has 5 nitrogen and oxygen atoms in total. The number of unbranched alkanes of at least 4 members (excludes halogenated alkanes) is 2. The molecule has 1 aliphatic rings. The topological polar surface area (TPSA) is 59.4 Å². The van der Waals surface area contributed by atoms with E-state index in [2.05, 4.69) is 23.2 Å². The predicted molar refractivity (Wildman–Crippen MR) is 87.7 cm³/mol. The average molecular weight is 300 g/mol. The van der Waals surface area contributed by atoms with Crippen molar-refractivity contribution in [1.82, 2.24) is 9.80 Å². The Labute approximate surface area is 132 Å². The lowest BCUT2D eigenvalue weighted by molar-refractivity contribution is 0.146. The number of carbonyl (C=O) groups excluding carboxylic acids is 1. The molecular formula is C17H24N4O. The number of anilines is 1. The van der Waals surface area contributed by atoms with Crippen molar-refractivity contribution in [3.05, 3.63) is 29.8 Å². The summed E-state index contributed by atoms with van der Waals surface area (Å²) in [5, 5.41) is 11.9. The van der Waals surface area contributed by atoms with E-state index in [4.69, 9.17) is 5.26 Å². The van der Waals surface area contributed by atoms with Crippen molar-refractivity contribution in [3.8, 4) is 6.07 Å². The molecule has 1 aromatic carbocycles. The Morgan fingerprint density at radius 2 is 1.95 bits per heavy atom. The minimum atomic E-state index is -0.115. The molecule has 0 bridgehead atoms. The molecule has 2 rings (SSSR count). The molecule has 1 N–H and O–H groups in total. The van der Waals surface area contributed by atoms with E-state index in [-0.39, 0.29) is 6.03 Å². The maximum Gasteiger partial charge on any atom is 0.321 e. The number of nitrogens with one attached hydrogen (secondary N) is 1. The monoisotopic (exact) mass is 300 g/mol. The molecule has 0 aliphatic carbocycles. The quantitative estimate of drug-likeness (QED) is 0.851. The third kappa shape index (κ3) is 4.47. The summed E-state index contributed by atoms with van der Waals surface area (Å²) < 4.78 is 0. The van der Waals surface area contributed by atoms with Gasteiger partial charge < -0.3 is 10.2 Å². The van der Waals surface area contributed by atoms with Gasteiger partial charge in [0, 0.05) is 26.2 Å². The van der Waals surface area contributed by atoms with Gasteiger partial charge in [0.2, 0.25) is 0 Å². The lowest BCUT2D eigenvalue weighted by atomic mass is 10.2. The number of para-hydroxylation sites is 1. The first kappa shape index (κ1) is 16.3. The van der Waals surface area contributed by atoms with Crippen LogP contribution in [0.4, 0.5) is 10.5 Å². The van der Waals surface area contributed by atoms with E-state index < -0.39 is 0 Å². The van der Waals surface area contributed by atoms with Crippen molar-refractivity contribution < 1.29 is 4.79 Å². The second kappa shape index (κ2) is 8.40. The molecule has 0 radical (unpaired) electrons. The van der Waals surface area contributed by atoms with Crippen LogP contribution in [0.1, 0.15) is 31.7 Å². The highest BCUT2D eigenvalue weighted by molar-refractivity contribution is 5.90. The van der Waals surface area contributed by atoms with Crippen LogP contribution in [0.2, 0.25) is 0 Å². The van der Waals surface area contributed by atoms with Gasteiger partial charge in [0.1, 0.15) is 6.07 Å². The standard InChI is InChI=1S/C17H24N4O/c1-2-3-6-9-20-10-12-21(13-11-20)17(22)19-16-8-5-4-7-15(16)14-18/h4-5,7-8H,2-3,6,9-13H2,1H3,(H,19,22). The van der Waals surface area contributed by atoms with E-state index in [1.807, 2.05) is 11.0 Å². The van der Waals surface area contributed by atoms with E-state index in [1.54, 1.807) is 18.2 Å². The second-order valence-electron chi connectivity index (χ2n) is 5.62. The molecule has 22 heavy (non-hydrogen) atoms. The molecule has 0 unspecified atom stereocenters. The number of amides is 2. The molecule has 1 aliphatic heterocycles. The molecule has 0 aromatic heterocycles. The summed E-state index contributed by atoms with van der Waals surface area (Å²) in [6.07, 6.45) is 3.74. The van der Waals surface area contributed by atoms with Crippen LogP contribution >= 0.6 is 0 Å². The van der Waals surface area contributed by atoms with Gasteiger partial charge >= 0.3 is 6.03 Å². The molecule has 1 fully saturated rings. The van der Waals surface area contributed by atoms with E-state index in [9.17, 15) is 4.79 Å². The van der Waals surface area contributed by atoms with Crippen molar-refractivity contribution >= 4 is 11.7 Å². The minimum Gasteiger partial charge on any atom is -0.322 e. The number of nitrogens with zero attached hydrogens (tertiary/aromatic N) is 3. The zero-order chi connectivity index (χ0) is 15.8. The SMILES string of the molecule is CCCCCN1CCN(C(=O)Nc2ccccc2C#N)CC1. The number of rotatable bonds is 5. The van der Waals surface area contributed by atoms with Crippen LogP contribution in [0.15, 0.2) is 24.3 Å². The number of urea groups is 1. The minimum absolute atomic E-state index is 0.115. The van der Waals surface area contributed by atoms with Crippen molar-refractivity contribution in [3.63, 3.8) is 0 Å². The van der Waals surface area contributed by atoms with Gasteiger partial charge in [-0.05, 0) is 25.1 Å². The van der Waals surface area contributed by atoms with Crippen LogP contribution in [0, 0.1) is 11.3 Å². The second-order valence-corrected chi connectivity index (χ2v) is 5.62. The van der Waals surface area contributed by atoms with Gasteiger partial charge in [0.05, 0.1) is 11.3 Å². The van der Waals surface area contributed by atoms with Crippen LogP contribution in [0.25, 0.3) is 0 Å². The number of hydrogen-bond donors (Lipinski definition) is 1. The smallest absolute Gasteiger partial charge is 0.321 e. The fourth-order valence-corrected chi connectivity index (χ4v) is 2.64. The molecule has 1 aromatic rings. The first-order valence-electron chi connectivity index (χ1n) is 8.02. The number of nitriles is 1. The number of carbonyl (C=O) groups is 1. The Kier molecular flexibility index (Phi) is 6.23. The summed E-state index contributed by atoms with van der Waals surface area (Å²) in [7, 11) is 0. The lowest BCUT2D eigenvalue weighted by Crippen LogP contribution is -2.50. The Hall–Kier alpha value is -2.06. The maximum absolute atomic E-state index is 12.3. The van der Waals surface area contributed by atoms with Crippen LogP contribution in [-0.4, -0.2) is 48.6 Å². The zero-order valence-electron chi connectivity index (χ0n) is 13.2. The van der Waals surface area contributed by atoms with Gasteiger partial charge in [-0.2, -0.15) is 5.26 Å². The molecule has 5 heteroatoms. The summed E-state index contributed by atoms with van der Waals surface area (Å²) in [5.74, 6) is 0. The first-order chi connectivity index (χ1) is 10.7. The normalized spacial score (nSPS) is 15.4. The number of benzene rings is 1. The van der Waals surface area contributed by atoms with Gasteiger partial charge in [-0.25, -0.2) is 4.79 Å². The maximum atomic E-state index is 12.3. The summed E-state index contributed by atoms with van der Waals surface area (Å²) in [5.41, 5.74) is 1.08. The molecule has 118 valence electrons. The summed E-state index contributed by atoms with van der Waals surface area (Å²) in [6.45, 7) is 6.68. The molecular weight excluding hydrogens is 276 g/mol. The van der Waals surface area contributed by atoms with Crippen molar-refractivity contribution in [2.24, 2.45) is 0 Å². The Morgan fingerprint density at radius 1 is 1.23 bits per heavy atom. The van der Waals surface area contributed by atoms with Crippen LogP contribution < -0.4 is 5.32 Å². The van der Waals surface area contributed by atoms with E-state index in [1.165, 1.54) is 19.3 Å². The predicted octanol–water partition coefficient (Wildman–Crippen LogP) is 2.90. The van der Waals surface area contributed by atoms with Crippen molar-refractivity contribution in [2.45, 2.75) is 26.2 Å². The Bertz CT molecular complexity index is 530. The van der Waals surface area contributed by atoms with Gasteiger partial charge in [-0.1, -0.05) is 31.9 Å². The van der Waals surface area contributed by atoms with Crippen molar-refractivity contribution in [1.29, 1.82) is 5.26 Å². The van der Waals surface area contributed by atoms with Crippen LogP contribution in [-0.2, 0) is 0 Å². The van der Waals surface area contributed by atoms with Crippen molar-refractivity contribution in [2.75, 3.05) is 38.0 Å². The molecule has 2 amide bonds. The van der Waals surface area contributed by atoms with E-state index >= 15 is 0 Å². The Balaban J connectivity index is 1.81. The van der Waals surface area contributed by atoms with Gasteiger partial charge in [0.25, 0.3) is 0 Å². The highest BCUT2D eigenvalue weighted by Gasteiger charge is 2.21. The van der Waals surface area contributed by atoms with Crippen LogP contribution in [0.5, 0.6) is 0 Å². The fourth-order valence-electron chi connectivity index (χ4n) is 2.64. The fraction of sp³-hybridized carbons (Fsp3) is 0.529. The average Bonchev–Trinajstić information content (AvgIpc) is 2.56. The molecule has 0 atom stereocenters. The zero-order valence-corrected chi connectivity index (χ0v) is 13.2. The largest absolute Gasteiger partial charge is 0.322 e. The number of piperazine rings is 1. The number of hydrogen-bond acceptors (Lipinski definition) is 3. The summed E-state index contributed by atoms with van der Waals surface area (Å²) in [6, 6.07) is 9.07. The molecule has 0 spiro atoms. The molecule has 1 heterocycles. The Morgan fingerprint density at radius 3 is 2.64 bits per heavy atom. The highest BCUT2D eigenvalue weighted by Crippen LogP contribution is 2.15. The molecule has 1 saturated heterocycles. The van der Waals surface area contributed by atoms with Gasteiger partial charge in [0.15, 0.2) is 0 Å². The summed E-state index contributed by atoms with van der Waals surface area (Å²) in [4.78, 5) is 16.5. The molecule has 0 saturated carbocycles. The third-order valence-corrected chi connectivity index (χ3v) is 4.03. The third-order valence-electron chi connectivity index (χ3n) is 4.03. The van der Waals surface area contributed by atoms with Gasteiger partial charge in [-0.15, -0.1) is 0 Å². The highest BCUT2D eigenvalue weighted by atomic mass is 16.2. The lowest BCUT2D eigenvalue weighted by Gasteiger charge is -2.34. The first-order valence-corrected chi connectivity index (χ1v) is 8.02. The summed E-state index contributed by atoms with van der Waals surface area (Å²) >= 11 is 0. The van der Waals surface area contributed by atoms with Gasteiger partial charge in [-0.3, -0.25) is 4.90 Å².